The summed E-state index contributed by atoms with van der Waals surface area (Å²) in [6.45, 7) is 2.31. The zero-order valence-electron chi connectivity index (χ0n) is 11.3. The first-order valence-corrected chi connectivity index (χ1v) is 6.64. The molecule has 3 N–H and O–H groups in total. The van der Waals surface area contributed by atoms with Gasteiger partial charge in [-0.15, -0.1) is 0 Å². The van der Waals surface area contributed by atoms with Gasteiger partial charge in [-0.1, -0.05) is 18.2 Å². The predicted octanol–water partition coefficient (Wildman–Crippen LogP) is 1.81. The lowest BCUT2D eigenvalue weighted by Crippen LogP contribution is -2.25. The van der Waals surface area contributed by atoms with E-state index in [1.165, 1.54) is 6.07 Å². The van der Waals surface area contributed by atoms with Crippen LogP contribution in [0, 0.1) is 10.1 Å². The summed E-state index contributed by atoms with van der Waals surface area (Å²) in [6, 6.07) is 11.1. The molecule has 1 aliphatic rings. The van der Waals surface area contributed by atoms with Crippen molar-refractivity contribution < 1.29 is 4.92 Å². The molecule has 21 heavy (non-hydrogen) atoms. The molecule has 0 amide bonds. The zero-order valence-corrected chi connectivity index (χ0v) is 11.3. The van der Waals surface area contributed by atoms with Crippen molar-refractivity contribution in [3.8, 4) is 0 Å². The fourth-order valence-corrected chi connectivity index (χ4v) is 2.46. The Kier molecular flexibility index (Phi) is 3.41. The lowest BCUT2D eigenvalue weighted by Gasteiger charge is -2.23. The standard InChI is InChI=1S/C14H15N5O2/c15-14-12(19(20)21)5-6-13(17-14)18-8-7-16-9-10-3-1-2-4-11(10)18/h1-6,16H,7-9H2,(H2,15,17). The molecule has 0 atom stereocenters. The highest BCUT2D eigenvalue weighted by atomic mass is 16.6. The Labute approximate surface area is 121 Å². The van der Waals surface area contributed by atoms with E-state index in [0.29, 0.717) is 5.82 Å². The molecule has 7 nitrogen and oxygen atoms in total. The van der Waals surface area contributed by atoms with Crippen LogP contribution in [0.2, 0.25) is 0 Å². The highest BCUT2D eigenvalue weighted by molar-refractivity contribution is 5.67. The van der Waals surface area contributed by atoms with E-state index in [9.17, 15) is 10.1 Å². The number of nitro groups is 1. The Morgan fingerprint density at radius 2 is 2.10 bits per heavy atom. The zero-order chi connectivity index (χ0) is 14.8. The first-order chi connectivity index (χ1) is 10.2. The minimum absolute atomic E-state index is 0.0628. The fraction of sp³-hybridized carbons (Fsp3) is 0.214. The molecule has 7 heteroatoms. The highest BCUT2D eigenvalue weighted by Gasteiger charge is 2.20. The number of rotatable bonds is 2. The molecule has 0 spiro atoms. The Morgan fingerprint density at radius 3 is 2.86 bits per heavy atom. The fourth-order valence-electron chi connectivity index (χ4n) is 2.46. The Morgan fingerprint density at radius 1 is 1.29 bits per heavy atom. The predicted molar refractivity (Wildman–Crippen MR) is 80.5 cm³/mol. The monoisotopic (exact) mass is 285 g/mol. The van der Waals surface area contributed by atoms with E-state index in [4.69, 9.17) is 5.73 Å². The lowest BCUT2D eigenvalue weighted by molar-refractivity contribution is -0.384. The van der Waals surface area contributed by atoms with Gasteiger partial charge in [-0.3, -0.25) is 10.1 Å². The van der Waals surface area contributed by atoms with Crippen LogP contribution in [0.1, 0.15) is 5.56 Å². The molecule has 2 heterocycles. The minimum Gasteiger partial charge on any atom is -0.378 e. The smallest absolute Gasteiger partial charge is 0.311 e. The second-order valence-electron chi connectivity index (χ2n) is 4.79. The molecular weight excluding hydrogens is 270 g/mol. The van der Waals surface area contributed by atoms with E-state index in [1.54, 1.807) is 6.07 Å². The Balaban J connectivity index is 2.04. The number of nitrogens with one attached hydrogen (secondary N) is 1. The van der Waals surface area contributed by atoms with Crippen LogP contribution >= 0.6 is 0 Å². The number of hydrogen-bond donors (Lipinski definition) is 2. The number of aromatic nitrogens is 1. The summed E-state index contributed by atoms with van der Waals surface area (Å²) >= 11 is 0. The summed E-state index contributed by atoms with van der Waals surface area (Å²) in [4.78, 5) is 16.5. The molecule has 2 aromatic rings. The van der Waals surface area contributed by atoms with Gasteiger partial charge in [0.25, 0.3) is 0 Å². The topological polar surface area (TPSA) is 97.3 Å². The van der Waals surface area contributed by atoms with Crippen molar-refractivity contribution in [1.29, 1.82) is 0 Å². The van der Waals surface area contributed by atoms with Crippen molar-refractivity contribution in [2.45, 2.75) is 6.54 Å². The molecule has 0 bridgehead atoms. The van der Waals surface area contributed by atoms with Crippen LogP contribution in [0.4, 0.5) is 23.0 Å². The van der Waals surface area contributed by atoms with Gasteiger partial charge in [0.1, 0.15) is 5.82 Å². The van der Waals surface area contributed by atoms with Crippen LogP contribution in [0.5, 0.6) is 0 Å². The molecule has 1 aromatic carbocycles. The lowest BCUT2D eigenvalue weighted by atomic mass is 10.1. The number of nitrogen functional groups attached to an aromatic ring is 1. The SMILES string of the molecule is Nc1nc(N2CCNCc3ccccc32)ccc1[N+](=O)[O-]. The summed E-state index contributed by atoms with van der Waals surface area (Å²) in [5.41, 5.74) is 7.73. The summed E-state index contributed by atoms with van der Waals surface area (Å²) in [7, 11) is 0. The molecule has 0 radical (unpaired) electrons. The van der Waals surface area contributed by atoms with Gasteiger partial charge >= 0.3 is 5.69 Å². The first kappa shape index (κ1) is 13.3. The number of nitrogens with zero attached hydrogens (tertiary/aromatic N) is 3. The van der Waals surface area contributed by atoms with E-state index >= 15 is 0 Å². The van der Waals surface area contributed by atoms with E-state index < -0.39 is 4.92 Å². The normalized spacial score (nSPS) is 14.4. The summed E-state index contributed by atoms with van der Waals surface area (Å²) in [5, 5.41) is 14.2. The maximum absolute atomic E-state index is 10.8. The average molecular weight is 285 g/mol. The third-order valence-corrected chi connectivity index (χ3v) is 3.47. The number of benzene rings is 1. The maximum atomic E-state index is 10.8. The summed E-state index contributed by atoms with van der Waals surface area (Å²) in [5.74, 6) is 0.557. The number of para-hydroxylation sites is 1. The van der Waals surface area contributed by atoms with Crippen LogP contribution in [-0.2, 0) is 6.54 Å². The summed E-state index contributed by atoms with van der Waals surface area (Å²) in [6.07, 6.45) is 0. The largest absolute Gasteiger partial charge is 0.378 e. The molecule has 1 aliphatic heterocycles. The Bertz CT molecular complexity index is 689. The van der Waals surface area contributed by atoms with Gasteiger partial charge in [-0.2, -0.15) is 0 Å². The third kappa shape index (κ3) is 2.50. The van der Waals surface area contributed by atoms with Crippen molar-refractivity contribution >= 4 is 23.0 Å². The van der Waals surface area contributed by atoms with Gasteiger partial charge in [-0.05, 0) is 17.7 Å². The molecule has 0 saturated heterocycles. The average Bonchev–Trinajstić information content (AvgIpc) is 2.69. The van der Waals surface area contributed by atoms with Crippen LogP contribution < -0.4 is 16.0 Å². The first-order valence-electron chi connectivity index (χ1n) is 6.64. The van der Waals surface area contributed by atoms with Crippen molar-refractivity contribution in [2.75, 3.05) is 23.7 Å². The highest BCUT2D eigenvalue weighted by Crippen LogP contribution is 2.31. The van der Waals surface area contributed by atoms with Gasteiger partial charge in [-0.25, -0.2) is 4.98 Å². The van der Waals surface area contributed by atoms with Gasteiger partial charge < -0.3 is 16.0 Å². The molecule has 3 rings (SSSR count). The summed E-state index contributed by atoms with van der Waals surface area (Å²) < 4.78 is 0. The molecular formula is C14H15N5O2. The maximum Gasteiger partial charge on any atom is 0.311 e. The van der Waals surface area contributed by atoms with Crippen LogP contribution in [-0.4, -0.2) is 23.0 Å². The molecule has 0 aliphatic carbocycles. The van der Waals surface area contributed by atoms with Crippen molar-refractivity contribution in [2.24, 2.45) is 0 Å². The second-order valence-corrected chi connectivity index (χ2v) is 4.79. The number of nitrogens with two attached hydrogens (primary N) is 1. The quantitative estimate of drug-likeness (QED) is 0.645. The number of hydrogen-bond acceptors (Lipinski definition) is 6. The number of anilines is 3. The van der Waals surface area contributed by atoms with Crippen molar-refractivity contribution in [3.63, 3.8) is 0 Å². The molecule has 0 unspecified atom stereocenters. The van der Waals surface area contributed by atoms with Crippen molar-refractivity contribution in [3.05, 3.63) is 52.1 Å². The molecule has 0 fully saturated rings. The molecule has 108 valence electrons. The Hall–Kier alpha value is -2.67. The second kappa shape index (κ2) is 5.37. The van der Waals surface area contributed by atoms with E-state index in [1.807, 2.05) is 23.1 Å². The molecule has 0 saturated carbocycles. The van der Waals surface area contributed by atoms with Gasteiger partial charge in [0.05, 0.1) is 4.92 Å². The number of pyridine rings is 1. The van der Waals surface area contributed by atoms with Gasteiger partial charge in [0.2, 0.25) is 5.82 Å². The number of fused-ring (bicyclic) bond motifs is 1. The van der Waals surface area contributed by atoms with Gasteiger partial charge in [0.15, 0.2) is 0 Å². The van der Waals surface area contributed by atoms with Crippen LogP contribution in [0.3, 0.4) is 0 Å². The van der Waals surface area contributed by atoms with E-state index in [2.05, 4.69) is 16.4 Å². The van der Waals surface area contributed by atoms with E-state index in [0.717, 1.165) is 30.9 Å². The minimum atomic E-state index is -0.524. The van der Waals surface area contributed by atoms with Crippen LogP contribution in [0.25, 0.3) is 0 Å². The van der Waals surface area contributed by atoms with Crippen molar-refractivity contribution in [1.82, 2.24) is 10.3 Å². The van der Waals surface area contributed by atoms with E-state index in [-0.39, 0.29) is 11.5 Å². The third-order valence-electron chi connectivity index (χ3n) is 3.47. The van der Waals surface area contributed by atoms with Crippen LogP contribution in [0.15, 0.2) is 36.4 Å². The molecule has 1 aromatic heterocycles. The van der Waals surface area contributed by atoms with Gasteiger partial charge in [0, 0.05) is 31.4 Å².